The van der Waals surface area contributed by atoms with Crippen molar-refractivity contribution in [2.75, 3.05) is 32.5 Å². The fourth-order valence-corrected chi connectivity index (χ4v) is 4.17. The largest absolute Gasteiger partial charge is 0.491 e. The maximum atomic E-state index is 12.3. The Morgan fingerprint density at radius 2 is 2.00 bits per heavy atom. The first-order valence-electron chi connectivity index (χ1n) is 8.78. The number of nitrogens with one attached hydrogen (secondary N) is 1. The minimum Gasteiger partial charge on any atom is -0.491 e. The van der Waals surface area contributed by atoms with Crippen molar-refractivity contribution in [3.63, 3.8) is 0 Å². The van der Waals surface area contributed by atoms with Gasteiger partial charge in [-0.2, -0.15) is 0 Å². The minimum absolute atomic E-state index is 0.111. The molecule has 0 spiro atoms. The van der Waals surface area contributed by atoms with Gasteiger partial charge < -0.3 is 10.1 Å². The Balaban J connectivity index is 1.49. The SMILES string of the molecule is CS(=O)(=O)N1CCC[C@H](C(=O)NCCOc2cccc3ccccc23)C1. The molecule has 140 valence electrons. The van der Waals surface area contributed by atoms with Crippen LogP contribution < -0.4 is 10.1 Å². The third-order valence-electron chi connectivity index (χ3n) is 4.63. The van der Waals surface area contributed by atoms with Crippen LogP contribution in [0.1, 0.15) is 12.8 Å². The van der Waals surface area contributed by atoms with Crippen LogP contribution in [-0.2, 0) is 14.8 Å². The number of nitrogens with zero attached hydrogens (tertiary/aromatic N) is 1. The molecule has 7 heteroatoms. The van der Waals surface area contributed by atoms with Gasteiger partial charge in [0.15, 0.2) is 0 Å². The van der Waals surface area contributed by atoms with Crippen molar-refractivity contribution in [3.05, 3.63) is 42.5 Å². The minimum atomic E-state index is -3.25. The number of amides is 1. The van der Waals surface area contributed by atoms with Gasteiger partial charge in [0.1, 0.15) is 12.4 Å². The standard InChI is InChI=1S/C19H24N2O4S/c1-26(23,24)21-12-5-8-16(14-21)19(22)20-11-13-25-18-10-4-7-15-6-2-3-9-17(15)18/h2-4,6-7,9-10,16H,5,8,11-14H2,1H3,(H,20,22)/t16-/m0/s1. The van der Waals surface area contributed by atoms with E-state index in [9.17, 15) is 13.2 Å². The van der Waals surface area contributed by atoms with Crippen molar-refractivity contribution < 1.29 is 17.9 Å². The van der Waals surface area contributed by atoms with Gasteiger partial charge in [0, 0.05) is 18.5 Å². The summed E-state index contributed by atoms with van der Waals surface area (Å²) >= 11 is 0. The van der Waals surface area contributed by atoms with E-state index in [2.05, 4.69) is 5.32 Å². The lowest BCUT2D eigenvalue weighted by molar-refractivity contribution is -0.126. The van der Waals surface area contributed by atoms with E-state index in [1.807, 2.05) is 42.5 Å². The van der Waals surface area contributed by atoms with Crippen LogP contribution in [0.5, 0.6) is 5.75 Å². The lowest BCUT2D eigenvalue weighted by atomic mass is 9.99. The second kappa shape index (κ2) is 8.05. The topological polar surface area (TPSA) is 75.7 Å². The molecule has 26 heavy (non-hydrogen) atoms. The molecule has 0 radical (unpaired) electrons. The summed E-state index contributed by atoms with van der Waals surface area (Å²) in [5, 5.41) is 5.00. The molecule has 0 bridgehead atoms. The molecule has 0 saturated carbocycles. The van der Waals surface area contributed by atoms with Crippen LogP contribution in [0.2, 0.25) is 0 Å². The molecule has 1 aliphatic rings. The van der Waals surface area contributed by atoms with Crippen LogP contribution in [0.3, 0.4) is 0 Å². The molecular weight excluding hydrogens is 352 g/mol. The maximum Gasteiger partial charge on any atom is 0.224 e. The van der Waals surface area contributed by atoms with Gasteiger partial charge in [0.25, 0.3) is 0 Å². The summed E-state index contributed by atoms with van der Waals surface area (Å²) in [7, 11) is -3.25. The van der Waals surface area contributed by atoms with Gasteiger partial charge in [-0.15, -0.1) is 0 Å². The summed E-state index contributed by atoms with van der Waals surface area (Å²) < 4.78 is 30.5. The summed E-state index contributed by atoms with van der Waals surface area (Å²) in [4.78, 5) is 12.3. The van der Waals surface area contributed by atoms with Gasteiger partial charge in [0.05, 0.1) is 18.7 Å². The number of carbonyl (C=O) groups excluding carboxylic acids is 1. The number of hydrogen-bond acceptors (Lipinski definition) is 4. The molecule has 6 nitrogen and oxygen atoms in total. The van der Waals surface area contributed by atoms with Crippen molar-refractivity contribution in [3.8, 4) is 5.75 Å². The predicted octanol–water partition coefficient (Wildman–Crippen LogP) is 2.01. The lowest BCUT2D eigenvalue weighted by Crippen LogP contribution is -2.45. The quantitative estimate of drug-likeness (QED) is 0.783. The Morgan fingerprint density at radius 1 is 1.23 bits per heavy atom. The highest BCUT2D eigenvalue weighted by molar-refractivity contribution is 7.88. The molecule has 1 fully saturated rings. The predicted molar refractivity (Wildman–Crippen MR) is 102 cm³/mol. The number of fused-ring (bicyclic) bond motifs is 1. The first kappa shape index (κ1) is 18.7. The van der Waals surface area contributed by atoms with Gasteiger partial charge >= 0.3 is 0 Å². The Kier molecular flexibility index (Phi) is 5.78. The van der Waals surface area contributed by atoms with E-state index in [4.69, 9.17) is 4.74 Å². The second-order valence-corrected chi connectivity index (χ2v) is 8.56. The van der Waals surface area contributed by atoms with Crippen molar-refractivity contribution in [1.82, 2.24) is 9.62 Å². The zero-order valence-corrected chi connectivity index (χ0v) is 15.7. The highest BCUT2D eigenvalue weighted by Gasteiger charge is 2.29. The third kappa shape index (κ3) is 4.53. The zero-order chi connectivity index (χ0) is 18.6. The van der Waals surface area contributed by atoms with Crippen molar-refractivity contribution in [1.29, 1.82) is 0 Å². The summed E-state index contributed by atoms with van der Waals surface area (Å²) in [5.74, 6) is 0.383. The highest BCUT2D eigenvalue weighted by atomic mass is 32.2. The van der Waals surface area contributed by atoms with E-state index in [0.717, 1.165) is 16.5 Å². The van der Waals surface area contributed by atoms with Crippen LogP contribution >= 0.6 is 0 Å². The van der Waals surface area contributed by atoms with Gasteiger partial charge in [-0.3, -0.25) is 4.79 Å². The third-order valence-corrected chi connectivity index (χ3v) is 5.90. The number of piperidine rings is 1. The van der Waals surface area contributed by atoms with Gasteiger partial charge in [-0.1, -0.05) is 36.4 Å². The molecular formula is C19H24N2O4S. The average molecular weight is 376 g/mol. The van der Waals surface area contributed by atoms with Gasteiger partial charge in [0.2, 0.25) is 15.9 Å². The summed E-state index contributed by atoms with van der Waals surface area (Å²) in [6.45, 7) is 1.50. The molecule has 1 N–H and O–H groups in total. The number of rotatable bonds is 6. The van der Waals surface area contributed by atoms with E-state index in [-0.39, 0.29) is 18.4 Å². The fraction of sp³-hybridized carbons (Fsp3) is 0.421. The number of carbonyl (C=O) groups is 1. The van der Waals surface area contributed by atoms with Crippen LogP contribution in [0, 0.1) is 5.92 Å². The van der Waals surface area contributed by atoms with Crippen molar-refractivity contribution in [2.24, 2.45) is 5.92 Å². The second-order valence-electron chi connectivity index (χ2n) is 6.58. The smallest absolute Gasteiger partial charge is 0.224 e. The molecule has 1 saturated heterocycles. The molecule has 2 aromatic rings. The Morgan fingerprint density at radius 3 is 2.81 bits per heavy atom. The molecule has 1 amide bonds. The molecule has 3 rings (SSSR count). The van der Waals surface area contributed by atoms with E-state index < -0.39 is 10.0 Å². The Bertz CT molecular complexity index is 877. The van der Waals surface area contributed by atoms with Crippen LogP contribution in [0.15, 0.2) is 42.5 Å². The number of benzene rings is 2. The van der Waals surface area contributed by atoms with E-state index in [1.165, 1.54) is 10.6 Å². The fourth-order valence-electron chi connectivity index (χ4n) is 3.26. The molecule has 0 aromatic heterocycles. The maximum absolute atomic E-state index is 12.3. The van der Waals surface area contributed by atoms with Crippen molar-refractivity contribution in [2.45, 2.75) is 12.8 Å². The number of hydrogen-bond donors (Lipinski definition) is 1. The molecule has 1 aliphatic heterocycles. The molecule has 0 unspecified atom stereocenters. The van der Waals surface area contributed by atoms with E-state index in [0.29, 0.717) is 32.5 Å². The Hall–Kier alpha value is -2.12. The summed E-state index contributed by atoms with van der Waals surface area (Å²) in [5.41, 5.74) is 0. The summed E-state index contributed by atoms with van der Waals surface area (Å²) in [6.07, 6.45) is 2.60. The lowest BCUT2D eigenvalue weighted by Gasteiger charge is -2.30. The molecule has 1 heterocycles. The number of ether oxygens (including phenoxy) is 1. The average Bonchev–Trinajstić information content (AvgIpc) is 2.64. The van der Waals surface area contributed by atoms with Gasteiger partial charge in [-0.05, 0) is 24.3 Å². The Labute approximate surface area is 154 Å². The highest BCUT2D eigenvalue weighted by Crippen LogP contribution is 2.25. The molecule has 2 aromatic carbocycles. The molecule has 1 atom stereocenters. The first-order valence-corrected chi connectivity index (χ1v) is 10.6. The first-order chi connectivity index (χ1) is 12.4. The van der Waals surface area contributed by atoms with Crippen LogP contribution in [-0.4, -0.2) is 51.1 Å². The zero-order valence-electron chi connectivity index (χ0n) is 14.8. The monoisotopic (exact) mass is 376 g/mol. The van der Waals surface area contributed by atoms with Crippen LogP contribution in [0.25, 0.3) is 10.8 Å². The summed E-state index contributed by atoms with van der Waals surface area (Å²) in [6, 6.07) is 13.9. The number of sulfonamides is 1. The molecule has 0 aliphatic carbocycles. The van der Waals surface area contributed by atoms with Crippen LogP contribution in [0.4, 0.5) is 0 Å². The normalized spacial score (nSPS) is 18.6. The van der Waals surface area contributed by atoms with Crippen molar-refractivity contribution >= 4 is 26.7 Å². The van der Waals surface area contributed by atoms with E-state index >= 15 is 0 Å². The van der Waals surface area contributed by atoms with Gasteiger partial charge in [-0.25, -0.2) is 12.7 Å². The van der Waals surface area contributed by atoms with E-state index in [1.54, 1.807) is 0 Å².